The van der Waals surface area contributed by atoms with Crippen LogP contribution in [0.3, 0.4) is 0 Å². The zero-order chi connectivity index (χ0) is 16.9. The molecule has 2 heterocycles. The molecule has 2 saturated heterocycles. The Bertz CT molecular complexity index is 423. The Balaban J connectivity index is 0.00000288. The van der Waals surface area contributed by atoms with Gasteiger partial charge < -0.3 is 19.9 Å². The normalized spacial score (nSPS) is 22.3. The molecule has 2 aliphatic rings. The molecular weight excluding hydrogens is 419 g/mol. The number of ether oxygens (including phenoxy) is 1. The smallest absolute Gasteiger partial charge is 0.251 e. The highest BCUT2D eigenvalue weighted by Gasteiger charge is 2.30. The molecule has 1 N–H and O–H groups in total. The first-order valence-corrected chi connectivity index (χ1v) is 8.77. The molecule has 1 atom stereocenters. The Morgan fingerprint density at radius 3 is 2.33 bits per heavy atom. The lowest BCUT2D eigenvalue weighted by atomic mass is 9.92. The van der Waals surface area contributed by atoms with Gasteiger partial charge in [0.05, 0.1) is 0 Å². The number of rotatable bonds is 3. The van der Waals surface area contributed by atoms with E-state index >= 15 is 0 Å². The molecular formula is C17H33IN4O2. The number of nitrogens with one attached hydrogen (secondary N) is 1. The molecule has 24 heavy (non-hydrogen) atoms. The molecule has 0 aliphatic carbocycles. The molecule has 140 valence electrons. The zero-order valence-electron chi connectivity index (χ0n) is 15.5. The van der Waals surface area contributed by atoms with E-state index in [0.717, 1.165) is 64.6 Å². The van der Waals surface area contributed by atoms with Crippen molar-refractivity contribution in [2.75, 3.05) is 46.4 Å². The second-order valence-corrected chi connectivity index (χ2v) is 7.60. The van der Waals surface area contributed by atoms with Gasteiger partial charge in [-0.3, -0.25) is 9.79 Å². The van der Waals surface area contributed by atoms with E-state index in [1.54, 1.807) is 0 Å². The molecule has 6 nitrogen and oxygen atoms in total. The lowest BCUT2D eigenvalue weighted by Gasteiger charge is -2.37. The Kier molecular flexibility index (Phi) is 8.76. The number of nitrogens with zero attached hydrogens (tertiary/aromatic N) is 3. The van der Waals surface area contributed by atoms with Crippen molar-refractivity contribution in [2.24, 2.45) is 10.4 Å². The van der Waals surface area contributed by atoms with Crippen LogP contribution in [0.5, 0.6) is 0 Å². The number of guanidine groups is 1. The summed E-state index contributed by atoms with van der Waals surface area (Å²) in [6, 6.07) is 0. The lowest BCUT2D eigenvalue weighted by molar-refractivity contribution is -0.142. The van der Waals surface area contributed by atoms with E-state index < -0.39 is 0 Å². The largest absolute Gasteiger partial charge is 0.368 e. The van der Waals surface area contributed by atoms with Gasteiger partial charge in [-0.25, -0.2) is 0 Å². The first-order chi connectivity index (χ1) is 10.9. The van der Waals surface area contributed by atoms with Crippen LogP contribution < -0.4 is 5.32 Å². The third-order valence-electron chi connectivity index (χ3n) is 4.47. The van der Waals surface area contributed by atoms with Crippen LogP contribution >= 0.6 is 24.0 Å². The maximum atomic E-state index is 12.4. The summed E-state index contributed by atoms with van der Waals surface area (Å²) in [5.41, 5.74) is 0.318. The van der Waals surface area contributed by atoms with Gasteiger partial charge in [-0.15, -0.1) is 24.0 Å². The predicted molar refractivity (Wildman–Crippen MR) is 108 cm³/mol. The highest BCUT2D eigenvalue weighted by molar-refractivity contribution is 14.0. The van der Waals surface area contributed by atoms with Crippen LogP contribution in [0.2, 0.25) is 0 Å². The van der Waals surface area contributed by atoms with Crippen molar-refractivity contribution >= 4 is 35.8 Å². The number of carbonyl (C=O) groups excluding carboxylic acids is 1. The summed E-state index contributed by atoms with van der Waals surface area (Å²) in [6.45, 7) is 11.5. The second kappa shape index (κ2) is 9.79. The summed E-state index contributed by atoms with van der Waals surface area (Å²) >= 11 is 0. The molecule has 7 heteroatoms. The number of amides is 1. The van der Waals surface area contributed by atoms with Crippen LogP contribution in [-0.2, 0) is 9.53 Å². The van der Waals surface area contributed by atoms with E-state index in [2.05, 4.69) is 36.0 Å². The fourth-order valence-corrected chi connectivity index (χ4v) is 3.00. The summed E-state index contributed by atoms with van der Waals surface area (Å²) < 4.78 is 5.51. The van der Waals surface area contributed by atoms with Crippen molar-refractivity contribution in [1.82, 2.24) is 15.1 Å². The Labute approximate surface area is 163 Å². The highest BCUT2D eigenvalue weighted by atomic mass is 127. The summed E-state index contributed by atoms with van der Waals surface area (Å²) in [6.07, 6.45) is 2.77. The minimum Gasteiger partial charge on any atom is -0.368 e. The van der Waals surface area contributed by atoms with Crippen LogP contribution in [-0.4, -0.2) is 74.1 Å². The van der Waals surface area contributed by atoms with E-state index in [0.29, 0.717) is 5.41 Å². The number of piperazine rings is 1. The van der Waals surface area contributed by atoms with Gasteiger partial charge in [-0.1, -0.05) is 20.8 Å². The number of hydrogen-bond donors (Lipinski definition) is 1. The molecule has 1 unspecified atom stereocenters. The quantitative estimate of drug-likeness (QED) is 0.404. The van der Waals surface area contributed by atoms with Crippen LogP contribution in [0.4, 0.5) is 0 Å². The van der Waals surface area contributed by atoms with Gasteiger partial charge in [-0.2, -0.15) is 0 Å². The van der Waals surface area contributed by atoms with Gasteiger partial charge in [0.25, 0.3) is 5.91 Å². The van der Waals surface area contributed by atoms with Crippen LogP contribution in [0.25, 0.3) is 0 Å². The van der Waals surface area contributed by atoms with Crippen LogP contribution in [0, 0.1) is 5.41 Å². The molecule has 0 bridgehead atoms. The summed E-state index contributed by atoms with van der Waals surface area (Å²) in [5, 5.41) is 3.44. The molecule has 2 fully saturated rings. The van der Waals surface area contributed by atoms with Crippen molar-refractivity contribution in [1.29, 1.82) is 0 Å². The average molecular weight is 452 g/mol. The molecule has 0 spiro atoms. The van der Waals surface area contributed by atoms with Gasteiger partial charge in [-0.05, 0) is 24.7 Å². The minimum absolute atomic E-state index is 0. The molecule has 2 rings (SSSR count). The van der Waals surface area contributed by atoms with Gasteiger partial charge in [0.15, 0.2) is 5.96 Å². The summed E-state index contributed by atoms with van der Waals surface area (Å²) in [7, 11) is 1.82. The van der Waals surface area contributed by atoms with Gasteiger partial charge in [0.2, 0.25) is 0 Å². The first kappa shape index (κ1) is 21.5. The lowest BCUT2D eigenvalue weighted by Crippen LogP contribution is -2.55. The van der Waals surface area contributed by atoms with E-state index in [4.69, 9.17) is 4.74 Å². The Morgan fingerprint density at radius 2 is 1.83 bits per heavy atom. The van der Waals surface area contributed by atoms with Gasteiger partial charge in [0.1, 0.15) is 6.10 Å². The van der Waals surface area contributed by atoms with Gasteiger partial charge in [0, 0.05) is 46.4 Å². The number of hydrogen-bond acceptors (Lipinski definition) is 3. The predicted octanol–water partition coefficient (Wildman–Crippen LogP) is 1.94. The number of aliphatic imine (C=N–C) groups is 1. The fraction of sp³-hybridized carbons (Fsp3) is 0.882. The van der Waals surface area contributed by atoms with Gasteiger partial charge >= 0.3 is 0 Å². The van der Waals surface area contributed by atoms with E-state index in [9.17, 15) is 4.79 Å². The molecule has 0 saturated carbocycles. The second-order valence-electron chi connectivity index (χ2n) is 7.60. The van der Waals surface area contributed by atoms with E-state index in [1.807, 2.05) is 11.9 Å². The Hall–Kier alpha value is -0.570. The number of carbonyl (C=O) groups is 1. The minimum atomic E-state index is -0.203. The maximum absolute atomic E-state index is 12.4. The summed E-state index contributed by atoms with van der Waals surface area (Å²) in [5.74, 6) is 1.11. The molecule has 0 aromatic carbocycles. The van der Waals surface area contributed by atoms with Crippen molar-refractivity contribution < 1.29 is 9.53 Å². The highest BCUT2D eigenvalue weighted by Crippen LogP contribution is 2.18. The fourth-order valence-electron chi connectivity index (χ4n) is 3.00. The summed E-state index contributed by atoms with van der Waals surface area (Å²) in [4.78, 5) is 20.9. The third-order valence-corrected chi connectivity index (χ3v) is 4.47. The van der Waals surface area contributed by atoms with Crippen molar-refractivity contribution in [3.05, 3.63) is 0 Å². The molecule has 0 aromatic heterocycles. The average Bonchev–Trinajstić information content (AvgIpc) is 3.04. The first-order valence-electron chi connectivity index (χ1n) is 8.77. The Morgan fingerprint density at radius 1 is 1.21 bits per heavy atom. The molecule has 0 aromatic rings. The van der Waals surface area contributed by atoms with Crippen molar-refractivity contribution in [3.8, 4) is 0 Å². The van der Waals surface area contributed by atoms with Crippen LogP contribution in [0.1, 0.15) is 40.0 Å². The monoisotopic (exact) mass is 452 g/mol. The number of halogens is 1. The SMILES string of the molecule is CN=C(NCCC(C)(C)C)N1CCN(C(=O)C2CCCO2)CC1.I. The van der Waals surface area contributed by atoms with Crippen LogP contribution in [0.15, 0.2) is 4.99 Å². The maximum Gasteiger partial charge on any atom is 0.251 e. The van der Waals surface area contributed by atoms with E-state index in [1.165, 1.54) is 0 Å². The topological polar surface area (TPSA) is 57.2 Å². The molecule has 1 amide bonds. The van der Waals surface area contributed by atoms with Crippen molar-refractivity contribution in [3.63, 3.8) is 0 Å². The van der Waals surface area contributed by atoms with E-state index in [-0.39, 0.29) is 36.0 Å². The molecule has 2 aliphatic heterocycles. The third kappa shape index (κ3) is 6.38. The van der Waals surface area contributed by atoms with Crippen molar-refractivity contribution in [2.45, 2.75) is 46.1 Å². The zero-order valence-corrected chi connectivity index (χ0v) is 17.8. The standard InChI is InChI=1S/C17H32N4O2.HI/c1-17(2,3)7-8-19-16(18-4)21-11-9-20(10-12-21)15(22)14-6-5-13-23-14;/h14H,5-13H2,1-4H3,(H,18,19);1H. The molecule has 0 radical (unpaired) electrons.